The quantitative estimate of drug-likeness (QED) is 0.845. The molecule has 1 aromatic heterocycles. The van der Waals surface area contributed by atoms with Gasteiger partial charge in [-0.2, -0.15) is 4.31 Å². The van der Waals surface area contributed by atoms with Gasteiger partial charge in [-0.15, -0.1) is 0 Å². The lowest BCUT2D eigenvalue weighted by molar-refractivity contribution is 0.0798. The van der Waals surface area contributed by atoms with E-state index in [0.717, 1.165) is 0 Å². The number of para-hydroxylation sites is 2. The molecule has 1 unspecified atom stereocenters. The van der Waals surface area contributed by atoms with Crippen LogP contribution in [0.1, 0.15) is 11.5 Å². The van der Waals surface area contributed by atoms with Gasteiger partial charge >= 0.3 is 0 Å². The zero-order chi connectivity index (χ0) is 16.6. The first-order chi connectivity index (χ1) is 10.9. The molecule has 3 rings (SSSR count). The Bertz CT molecular complexity index is 796. The van der Waals surface area contributed by atoms with E-state index in [4.69, 9.17) is 14.0 Å². The van der Waals surface area contributed by atoms with Crippen LogP contribution in [0.4, 0.5) is 0 Å². The van der Waals surface area contributed by atoms with Gasteiger partial charge in [0.25, 0.3) is 0 Å². The Morgan fingerprint density at radius 3 is 2.61 bits per heavy atom. The maximum atomic E-state index is 12.7. The van der Waals surface area contributed by atoms with Crippen LogP contribution in [0.2, 0.25) is 0 Å². The van der Waals surface area contributed by atoms with Crippen molar-refractivity contribution in [3.63, 3.8) is 0 Å². The molecular weight excluding hydrogens is 320 g/mol. The molecule has 0 amide bonds. The lowest BCUT2D eigenvalue weighted by atomic mass is 10.2. The smallest absolute Gasteiger partial charge is 0.248 e. The summed E-state index contributed by atoms with van der Waals surface area (Å²) in [7, 11) is -2.19. The van der Waals surface area contributed by atoms with E-state index in [1.54, 1.807) is 19.9 Å². The lowest BCUT2D eigenvalue weighted by Gasteiger charge is -2.29. The second-order valence-corrected chi connectivity index (χ2v) is 7.42. The summed E-state index contributed by atoms with van der Waals surface area (Å²) >= 11 is 0. The van der Waals surface area contributed by atoms with Crippen molar-refractivity contribution in [2.75, 3.05) is 20.2 Å². The number of sulfonamides is 1. The van der Waals surface area contributed by atoms with Gasteiger partial charge in [0.1, 0.15) is 23.3 Å². The number of benzene rings is 1. The van der Waals surface area contributed by atoms with Gasteiger partial charge in [-0.3, -0.25) is 0 Å². The second-order valence-electron chi connectivity index (χ2n) is 5.44. The second kappa shape index (κ2) is 5.86. The average Bonchev–Trinajstić information content (AvgIpc) is 2.86. The molecule has 124 valence electrons. The third kappa shape index (κ3) is 2.91. The van der Waals surface area contributed by atoms with Crippen molar-refractivity contribution < 1.29 is 22.4 Å². The van der Waals surface area contributed by atoms with E-state index in [1.807, 2.05) is 18.2 Å². The number of rotatable bonds is 4. The molecule has 0 saturated heterocycles. The summed E-state index contributed by atoms with van der Waals surface area (Å²) in [5, 5.41) is 3.70. The van der Waals surface area contributed by atoms with Gasteiger partial charge in [0.05, 0.1) is 6.54 Å². The van der Waals surface area contributed by atoms with Crippen molar-refractivity contribution >= 4 is 10.0 Å². The van der Waals surface area contributed by atoms with E-state index < -0.39 is 10.0 Å². The predicted octanol–water partition coefficient (Wildman–Crippen LogP) is 1.75. The minimum absolute atomic E-state index is 0.108. The molecule has 1 aromatic carbocycles. The topological polar surface area (TPSA) is 81.9 Å². The van der Waals surface area contributed by atoms with Crippen molar-refractivity contribution in [3.8, 4) is 11.5 Å². The minimum atomic E-state index is -3.69. The number of nitrogens with zero attached hydrogens (tertiary/aromatic N) is 2. The van der Waals surface area contributed by atoms with Gasteiger partial charge in [-0.25, -0.2) is 8.42 Å². The minimum Gasteiger partial charge on any atom is -0.486 e. The zero-order valence-electron chi connectivity index (χ0n) is 13.1. The summed E-state index contributed by atoms with van der Waals surface area (Å²) in [6.45, 7) is 3.64. The van der Waals surface area contributed by atoms with Crippen LogP contribution < -0.4 is 9.47 Å². The van der Waals surface area contributed by atoms with E-state index in [9.17, 15) is 8.42 Å². The first kappa shape index (κ1) is 15.8. The van der Waals surface area contributed by atoms with Crippen molar-refractivity contribution in [1.82, 2.24) is 9.46 Å². The van der Waals surface area contributed by atoms with Crippen molar-refractivity contribution in [2.45, 2.75) is 24.8 Å². The molecule has 23 heavy (non-hydrogen) atoms. The van der Waals surface area contributed by atoms with Crippen LogP contribution in [-0.4, -0.2) is 44.2 Å². The highest BCUT2D eigenvalue weighted by Crippen LogP contribution is 2.31. The molecular formula is C15H18N2O5S. The lowest BCUT2D eigenvalue weighted by Crippen LogP contribution is -2.41. The van der Waals surface area contributed by atoms with Crippen LogP contribution in [0.3, 0.4) is 0 Å². The Morgan fingerprint density at radius 2 is 1.96 bits per heavy atom. The van der Waals surface area contributed by atoms with E-state index in [1.165, 1.54) is 11.4 Å². The molecule has 7 nitrogen and oxygen atoms in total. The fourth-order valence-corrected chi connectivity index (χ4v) is 4.02. The Morgan fingerprint density at radius 1 is 1.26 bits per heavy atom. The zero-order valence-corrected chi connectivity index (χ0v) is 14.0. The number of hydrogen-bond donors (Lipinski definition) is 0. The van der Waals surface area contributed by atoms with E-state index in [2.05, 4.69) is 5.16 Å². The molecule has 1 aliphatic rings. The Labute approximate surface area is 134 Å². The normalized spacial score (nSPS) is 17.5. The van der Waals surface area contributed by atoms with Crippen molar-refractivity contribution in [1.29, 1.82) is 0 Å². The summed E-state index contributed by atoms with van der Waals surface area (Å²) in [6, 6.07) is 7.31. The van der Waals surface area contributed by atoms with Gasteiger partial charge < -0.3 is 14.0 Å². The van der Waals surface area contributed by atoms with Crippen LogP contribution in [0, 0.1) is 13.8 Å². The molecule has 0 fully saturated rings. The number of ether oxygens (including phenoxy) is 2. The monoisotopic (exact) mass is 338 g/mol. The average molecular weight is 338 g/mol. The van der Waals surface area contributed by atoms with Crippen LogP contribution in [-0.2, 0) is 10.0 Å². The molecule has 8 heteroatoms. The molecule has 0 saturated carbocycles. The molecule has 0 bridgehead atoms. The molecule has 0 spiro atoms. The highest BCUT2D eigenvalue weighted by molar-refractivity contribution is 7.89. The third-order valence-electron chi connectivity index (χ3n) is 3.66. The molecule has 0 aliphatic carbocycles. The maximum Gasteiger partial charge on any atom is 0.248 e. The van der Waals surface area contributed by atoms with E-state index in [-0.39, 0.29) is 23.3 Å². The van der Waals surface area contributed by atoms with Gasteiger partial charge in [0.2, 0.25) is 10.0 Å². The Balaban J connectivity index is 1.76. The van der Waals surface area contributed by atoms with Crippen LogP contribution >= 0.6 is 0 Å². The number of aromatic nitrogens is 1. The summed E-state index contributed by atoms with van der Waals surface area (Å²) in [5.74, 6) is 1.56. The standard InChI is InChI=1S/C15H18N2O5S/c1-10-15(11(2)22-16-10)23(18,19)17(3)8-12-9-20-13-6-4-5-7-14(13)21-12/h4-7,12H,8-9H2,1-3H3. The molecule has 0 N–H and O–H groups in total. The fraction of sp³-hybridized carbons (Fsp3) is 0.400. The largest absolute Gasteiger partial charge is 0.486 e. The summed E-state index contributed by atoms with van der Waals surface area (Å²) < 4.78 is 43.0. The van der Waals surface area contributed by atoms with Gasteiger partial charge in [0, 0.05) is 7.05 Å². The molecule has 1 atom stereocenters. The van der Waals surface area contributed by atoms with Crippen molar-refractivity contribution in [3.05, 3.63) is 35.7 Å². The number of hydrogen-bond acceptors (Lipinski definition) is 6. The molecule has 1 aliphatic heterocycles. The maximum absolute atomic E-state index is 12.7. The van der Waals surface area contributed by atoms with E-state index >= 15 is 0 Å². The molecule has 2 aromatic rings. The molecule has 2 heterocycles. The first-order valence-corrected chi connectivity index (χ1v) is 8.61. The van der Waals surface area contributed by atoms with Crippen LogP contribution in [0.25, 0.3) is 0 Å². The fourth-order valence-electron chi connectivity index (χ4n) is 2.54. The highest BCUT2D eigenvalue weighted by atomic mass is 32.2. The third-order valence-corrected chi connectivity index (χ3v) is 5.73. The van der Waals surface area contributed by atoms with Crippen LogP contribution in [0.15, 0.2) is 33.7 Å². The van der Waals surface area contributed by atoms with Gasteiger partial charge in [0.15, 0.2) is 17.3 Å². The van der Waals surface area contributed by atoms with Gasteiger partial charge in [-0.05, 0) is 26.0 Å². The summed E-state index contributed by atoms with van der Waals surface area (Å²) in [6.07, 6.45) is -0.384. The Hall–Kier alpha value is -2.06. The number of fused-ring (bicyclic) bond motifs is 1. The van der Waals surface area contributed by atoms with Gasteiger partial charge in [-0.1, -0.05) is 17.3 Å². The number of likely N-dealkylation sites (N-methyl/N-ethyl adjacent to an activating group) is 1. The van der Waals surface area contributed by atoms with Crippen molar-refractivity contribution in [2.24, 2.45) is 0 Å². The number of aryl methyl sites for hydroxylation is 2. The predicted molar refractivity (Wildman–Crippen MR) is 82.1 cm³/mol. The van der Waals surface area contributed by atoms with Crippen LogP contribution in [0.5, 0.6) is 11.5 Å². The Kier molecular flexibility index (Phi) is 4.03. The highest BCUT2D eigenvalue weighted by Gasteiger charge is 2.32. The molecule has 0 radical (unpaired) electrons. The SMILES string of the molecule is Cc1noc(C)c1S(=O)(=O)N(C)CC1COc2ccccc2O1. The summed E-state index contributed by atoms with van der Waals surface area (Å²) in [4.78, 5) is 0.108. The first-order valence-electron chi connectivity index (χ1n) is 7.17. The van der Waals surface area contributed by atoms with E-state index in [0.29, 0.717) is 23.8 Å². The summed E-state index contributed by atoms with van der Waals surface area (Å²) in [5.41, 5.74) is 0.348.